The summed E-state index contributed by atoms with van der Waals surface area (Å²) in [5.41, 5.74) is 3.41. The van der Waals surface area contributed by atoms with Gasteiger partial charge in [0.15, 0.2) is 17.6 Å². The molecule has 1 saturated heterocycles. The number of rotatable bonds is 9. The summed E-state index contributed by atoms with van der Waals surface area (Å²) >= 11 is 0. The Hall–Kier alpha value is -2.71. The van der Waals surface area contributed by atoms with Crippen LogP contribution in [0.3, 0.4) is 0 Å². The first kappa shape index (κ1) is 23.4. The zero-order valence-corrected chi connectivity index (χ0v) is 19.3. The van der Waals surface area contributed by atoms with Gasteiger partial charge < -0.3 is 14.8 Å². The van der Waals surface area contributed by atoms with E-state index in [9.17, 15) is 9.59 Å². The number of Topliss-reactive ketones (excluding diaryl/α,β-unsaturated/α-hetero) is 1. The Balaban J connectivity index is 1.39. The maximum Gasteiger partial charge on any atom is 0.331 e. The molecular weight excluding hydrogens is 420 g/mol. The molecule has 1 aromatic heterocycles. The monoisotopic (exact) mass is 454 g/mol. The van der Waals surface area contributed by atoms with Gasteiger partial charge in [0.1, 0.15) is 6.61 Å². The first-order valence-electron chi connectivity index (χ1n) is 12.0. The molecule has 2 N–H and O–H groups in total. The Morgan fingerprint density at radius 2 is 1.91 bits per heavy atom. The van der Waals surface area contributed by atoms with Crippen molar-refractivity contribution in [1.82, 2.24) is 15.1 Å². The predicted octanol–water partition coefficient (Wildman–Crippen LogP) is 3.37. The maximum absolute atomic E-state index is 12.6. The lowest BCUT2D eigenvalue weighted by Gasteiger charge is -2.31. The normalized spacial score (nSPS) is 18.6. The second kappa shape index (κ2) is 11.4. The average Bonchev–Trinajstić information content (AvgIpc) is 3.27. The van der Waals surface area contributed by atoms with E-state index in [0.717, 1.165) is 29.9 Å². The van der Waals surface area contributed by atoms with Crippen molar-refractivity contribution in [2.45, 2.75) is 51.0 Å². The van der Waals surface area contributed by atoms with E-state index in [1.54, 1.807) is 0 Å². The van der Waals surface area contributed by atoms with Crippen LogP contribution in [0, 0.1) is 0 Å². The second-order valence-corrected chi connectivity index (χ2v) is 8.82. The standard InChI is InChI=1S/C25H34N4O4/c1-18(30)23(29-13-16-32-17-14-29)25(31)33-15-12-26-24-21(19-8-4-2-5-9-19)22(27-28-24)20-10-6-3-7-11-20/h3,6-7,10-11,19,23H,2,4-5,8-9,12-17H2,1H3,(H2,26,27,28). The zero-order valence-electron chi connectivity index (χ0n) is 19.3. The zero-order chi connectivity index (χ0) is 23.0. The van der Waals surface area contributed by atoms with Crippen LogP contribution in [0.15, 0.2) is 30.3 Å². The fraction of sp³-hybridized carbons (Fsp3) is 0.560. The van der Waals surface area contributed by atoms with E-state index in [4.69, 9.17) is 9.47 Å². The molecule has 33 heavy (non-hydrogen) atoms. The van der Waals surface area contributed by atoms with Gasteiger partial charge in [-0.25, -0.2) is 4.79 Å². The molecule has 2 aliphatic rings. The number of ether oxygens (including phenoxy) is 2. The molecule has 1 unspecified atom stereocenters. The van der Waals surface area contributed by atoms with E-state index in [1.165, 1.54) is 31.7 Å². The lowest BCUT2D eigenvalue weighted by Crippen LogP contribution is -2.51. The summed E-state index contributed by atoms with van der Waals surface area (Å²) in [5.74, 6) is 0.592. The van der Waals surface area contributed by atoms with Gasteiger partial charge in [0, 0.05) is 18.7 Å². The lowest BCUT2D eigenvalue weighted by atomic mass is 9.83. The van der Waals surface area contributed by atoms with Crippen molar-refractivity contribution in [3.05, 3.63) is 35.9 Å². The smallest absolute Gasteiger partial charge is 0.331 e. The molecule has 1 atom stereocenters. The SMILES string of the molecule is CC(=O)C(C(=O)OCCNc1n[nH]c(-c2ccccc2)c1C1CCCCC1)N1CCOCC1. The number of nitrogens with zero attached hydrogens (tertiary/aromatic N) is 2. The molecule has 178 valence electrons. The molecule has 2 fully saturated rings. The minimum atomic E-state index is -0.859. The molecule has 4 rings (SSSR count). The van der Waals surface area contributed by atoms with Gasteiger partial charge in [0.05, 0.1) is 25.5 Å². The highest BCUT2D eigenvalue weighted by molar-refractivity contribution is 6.01. The first-order chi connectivity index (χ1) is 16.1. The van der Waals surface area contributed by atoms with Gasteiger partial charge >= 0.3 is 5.97 Å². The van der Waals surface area contributed by atoms with Gasteiger partial charge in [0.2, 0.25) is 0 Å². The molecule has 0 bridgehead atoms. The fourth-order valence-corrected chi connectivity index (χ4v) is 4.91. The Kier molecular flexibility index (Phi) is 8.12. The number of benzene rings is 1. The van der Waals surface area contributed by atoms with Crippen LogP contribution in [0.2, 0.25) is 0 Å². The molecule has 2 heterocycles. The summed E-state index contributed by atoms with van der Waals surface area (Å²) in [4.78, 5) is 26.5. The van der Waals surface area contributed by atoms with Crippen molar-refractivity contribution < 1.29 is 19.1 Å². The molecule has 1 aliphatic heterocycles. The van der Waals surface area contributed by atoms with Gasteiger partial charge in [-0.15, -0.1) is 0 Å². The van der Waals surface area contributed by atoms with Crippen LogP contribution in [0.1, 0.15) is 50.5 Å². The highest BCUT2D eigenvalue weighted by Crippen LogP contribution is 2.40. The highest BCUT2D eigenvalue weighted by atomic mass is 16.5. The van der Waals surface area contributed by atoms with Crippen LogP contribution >= 0.6 is 0 Å². The molecular formula is C25H34N4O4. The number of carbonyl (C=O) groups excluding carboxylic acids is 2. The van der Waals surface area contributed by atoms with Crippen LogP contribution < -0.4 is 5.32 Å². The van der Waals surface area contributed by atoms with E-state index in [-0.39, 0.29) is 12.4 Å². The van der Waals surface area contributed by atoms with Crippen LogP contribution in [-0.4, -0.2) is 72.3 Å². The average molecular weight is 455 g/mol. The fourth-order valence-electron chi connectivity index (χ4n) is 4.91. The van der Waals surface area contributed by atoms with Crippen molar-refractivity contribution in [2.24, 2.45) is 0 Å². The number of morpholine rings is 1. The van der Waals surface area contributed by atoms with Crippen LogP contribution in [0.4, 0.5) is 5.82 Å². The van der Waals surface area contributed by atoms with E-state index in [1.807, 2.05) is 23.1 Å². The first-order valence-corrected chi connectivity index (χ1v) is 12.0. The second-order valence-electron chi connectivity index (χ2n) is 8.82. The number of hydrogen-bond acceptors (Lipinski definition) is 7. The molecule has 1 aliphatic carbocycles. The summed E-state index contributed by atoms with van der Waals surface area (Å²) in [5, 5.41) is 11.2. The Morgan fingerprint density at radius 3 is 2.61 bits per heavy atom. The molecule has 1 aromatic carbocycles. The minimum Gasteiger partial charge on any atom is -0.462 e. The van der Waals surface area contributed by atoms with E-state index in [2.05, 4.69) is 27.6 Å². The van der Waals surface area contributed by atoms with Crippen LogP contribution in [0.5, 0.6) is 0 Å². The quantitative estimate of drug-likeness (QED) is 0.341. The number of ketones is 1. The number of aromatic nitrogens is 2. The van der Waals surface area contributed by atoms with E-state index in [0.29, 0.717) is 38.8 Å². The summed E-state index contributed by atoms with van der Waals surface area (Å²) < 4.78 is 10.8. The molecule has 0 spiro atoms. The number of aromatic amines is 1. The number of nitrogens with one attached hydrogen (secondary N) is 2. The third-order valence-electron chi connectivity index (χ3n) is 6.54. The van der Waals surface area contributed by atoms with E-state index < -0.39 is 12.0 Å². The van der Waals surface area contributed by atoms with Gasteiger partial charge in [-0.3, -0.25) is 14.8 Å². The molecule has 0 radical (unpaired) electrons. The topological polar surface area (TPSA) is 96.6 Å². The number of hydrogen-bond donors (Lipinski definition) is 2. The summed E-state index contributed by atoms with van der Waals surface area (Å²) in [6, 6.07) is 9.42. The summed E-state index contributed by atoms with van der Waals surface area (Å²) in [7, 11) is 0. The Bertz CT molecular complexity index is 918. The third kappa shape index (κ3) is 5.81. The van der Waals surface area contributed by atoms with Crippen LogP contribution in [-0.2, 0) is 19.1 Å². The number of carbonyl (C=O) groups is 2. The molecule has 1 saturated carbocycles. The van der Waals surface area contributed by atoms with Crippen molar-refractivity contribution in [2.75, 3.05) is 44.8 Å². The third-order valence-corrected chi connectivity index (χ3v) is 6.54. The summed E-state index contributed by atoms with van der Waals surface area (Å²) in [6.45, 7) is 4.18. The van der Waals surface area contributed by atoms with Gasteiger partial charge in [-0.05, 0) is 31.2 Å². The molecule has 2 aromatic rings. The largest absolute Gasteiger partial charge is 0.462 e. The Morgan fingerprint density at radius 1 is 1.18 bits per heavy atom. The number of anilines is 1. The number of H-pyrrole nitrogens is 1. The highest BCUT2D eigenvalue weighted by Gasteiger charge is 2.32. The maximum atomic E-state index is 12.6. The van der Waals surface area contributed by atoms with Crippen molar-refractivity contribution in [3.8, 4) is 11.3 Å². The van der Waals surface area contributed by atoms with Crippen molar-refractivity contribution in [3.63, 3.8) is 0 Å². The molecule has 8 heteroatoms. The van der Waals surface area contributed by atoms with Gasteiger partial charge in [-0.2, -0.15) is 5.10 Å². The van der Waals surface area contributed by atoms with Crippen molar-refractivity contribution in [1.29, 1.82) is 0 Å². The van der Waals surface area contributed by atoms with Crippen molar-refractivity contribution >= 4 is 17.6 Å². The number of esters is 1. The van der Waals surface area contributed by atoms with Crippen LogP contribution in [0.25, 0.3) is 11.3 Å². The molecule has 0 amide bonds. The molecule has 8 nitrogen and oxygen atoms in total. The minimum absolute atomic E-state index is 0.171. The summed E-state index contributed by atoms with van der Waals surface area (Å²) in [6.07, 6.45) is 6.06. The lowest BCUT2D eigenvalue weighted by molar-refractivity contribution is -0.154. The Labute approximate surface area is 195 Å². The van der Waals surface area contributed by atoms with E-state index >= 15 is 0 Å². The predicted molar refractivity (Wildman–Crippen MR) is 126 cm³/mol. The van der Waals surface area contributed by atoms with Gasteiger partial charge in [0.25, 0.3) is 0 Å². The van der Waals surface area contributed by atoms with Gasteiger partial charge in [-0.1, -0.05) is 49.6 Å².